The van der Waals surface area contributed by atoms with Gasteiger partial charge in [-0.05, 0) is 6.92 Å². The highest BCUT2D eigenvalue weighted by Gasteiger charge is 2.07. The van der Waals surface area contributed by atoms with Crippen LogP contribution in [0.1, 0.15) is 6.92 Å². The Labute approximate surface area is 79.0 Å². The summed E-state index contributed by atoms with van der Waals surface area (Å²) in [6, 6.07) is 2.31. The van der Waals surface area contributed by atoms with Crippen LogP contribution in [0.2, 0.25) is 0 Å². The lowest BCUT2D eigenvalue weighted by atomic mass is 10.7. The van der Waals surface area contributed by atoms with Gasteiger partial charge < -0.3 is 0 Å². The van der Waals surface area contributed by atoms with Crippen molar-refractivity contribution in [1.82, 2.24) is 13.7 Å². The first-order chi connectivity index (χ1) is 6.50. The molecule has 0 bridgehead atoms. The van der Waals surface area contributed by atoms with E-state index in [2.05, 4.69) is 12.0 Å². The molecule has 0 amide bonds. The van der Waals surface area contributed by atoms with Gasteiger partial charge in [0.1, 0.15) is 0 Å². The van der Waals surface area contributed by atoms with Crippen molar-refractivity contribution in [2.45, 2.75) is 6.92 Å². The molecule has 0 unspecified atom stereocenters. The second-order valence-electron chi connectivity index (χ2n) is 2.66. The molecular formula is C8H9N3O3. The summed E-state index contributed by atoms with van der Waals surface area (Å²) in [5.41, 5.74) is -2.12. The molecule has 6 heteroatoms. The van der Waals surface area contributed by atoms with Crippen molar-refractivity contribution < 1.29 is 0 Å². The van der Waals surface area contributed by atoms with Crippen LogP contribution in [-0.4, -0.2) is 13.7 Å². The van der Waals surface area contributed by atoms with Gasteiger partial charge in [-0.1, -0.05) is 5.92 Å². The molecule has 0 radical (unpaired) electrons. The van der Waals surface area contributed by atoms with Crippen molar-refractivity contribution in [2.24, 2.45) is 14.1 Å². The van der Waals surface area contributed by atoms with Gasteiger partial charge >= 0.3 is 17.1 Å². The van der Waals surface area contributed by atoms with Crippen molar-refractivity contribution in [3.63, 3.8) is 0 Å². The van der Waals surface area contributed by atoms with Crippen LogP contribution >= 0.6 is 0 Å². The molecule has 1 aromatic heterocycles. The third-order valence-electron chi connectivity index (χ3n) is 1.75. The Hall–Kier alpha value is -2.03. The molecule has 74 valence electrons. The Morgan fingerprint density at radius 3 is 1.71 bits per heavy atom. The topological polar surface area (TPSA) is 66.0 Å². The summed E-state index contributed by atoms with van der Waals surface area (Å²) >= 11 is 0. The molecule has 0 aromatic carbocycles. The zero-order chi connectivity index (χ0) is 10.9. The zero-order valence-electron chi connectivity index (χ0n) is 8.07. The lowest BCUT2D eigenvalue weighted by Crippen LogP contribution is -2.51. The average molecular weight is 195 g/mol. The molecule has 1 aromatic rings. The van der Waals surface area contributed by atoms with E-state index in [1.165, 1.54) is 21.0 Å². The number of rotatable bonds is 0. The van der Waals surface area contributed by atoms with Gasteiger partial charge in [0, 0.05) is 20.1 Å². The van der Waals surface area contributed by atoms with Gasteiger partial charge in [-0.15, -0.1) is 0 Å². The Morgan fingerprint density at radius 1 is 0.929 bits per heavy atom. The van der Waals surface area contributed by atoms with Crippen molar-refractivity contribution in [3.05, 3.63) is 31.5 Å². The molecule has 0 saturated heterocycles. The van der Waals surface area contributed by atoms with E-state index < -0.39 is 17.1 Å². The smallest absolute Gasteiger partial charge is 0.247 e. The van der Waals surface area contributed by atoms with Crippen molar-refractivity contribution in [1.29, 1.82) is 0 Å². The maximum absolute atomic E-state index is 11.4. The van der Waals surface area contributed by atoms with Gasteiger partial charge in [-0.25, -0.2) is 23.5 Å². The number of nitrogens with zero attached hydrogens (tertiary/aromatic N) is 3. The van der Waals surface area contributed by atoms with Crippen LogP contribution in [0, 0.1) is 12.0 Å². The van der Waals surface area contributed by atoms with Crippen LogP contribution in [0.3, 0.4) is 0 Å². The molecule has 0 aliphatic rings. The van der Waals surface area contributed by atoms with Crippen LogP contribution in [0.4, 0.5) is 0 Å². The van der Waals surface area contributed by atoms with Crippen LogP contribution in [0.15, 0.2) is 14.4 Å². The first-order valence-corrected chi connectivity index (χ1v) is 3.82. The Kier molecular flexibility index (Phi) is 2.42. The standard InChI is InChI=1S/C8H9N3O3/c1-4-5-11-7(13)9(2)6(12)10(3)8(11)14/h1-3H3. The normalized spacial score (nSPS) is 9.36. The van der Waals surface area contributed by atoms with Crippen LogP contribution in [-0.2, 0) is 14.1 Å². The largest absolute Gasteiger partial charge is 0.348 e. The molecule has 14 heavy (non-hydrogen) atoms. The summed E-state index contributed by atoms with van der Waals surface area (Å²) < 4.78 is 2.35. The molecule has 0 aliphatic carbocycles. The minimum absolute atomic E-state index is 0.658. The van der Waals surface area contributed by atoms with Gasteiger partial charge in [0.2, 0.25) is 0 Å². The highest BCUT2D eigenvalue weighted by atomic mass is 16.2. The van der Waals surface area contributed by atoms with Crippen LogP contribution in [0.5, 0.6) is 0 Å². The predicted octanol–water partition coefficient (Wildman–Crippen LogP) is -1.93. The highest BCUT2D eigenvalue weighted by molar-refractivity contribution is 4.99. The van der Waals surface area contributed by atoms with E-state index in [1.807, 2.05) is 0 Å². The van der Waals surface area contributed by atoms with E-state index in [1.54, 1.807) is 0 Å². The molecule has 0 aliphatic heterocycles. The quantitative estimate of drug-likeness (QED) is 0.453. The van der Waals surface area contributed by atoms with Crippen LogP contribution < -0.4 is 17.1 Å². The first kappa shape index (κ1) is 10.1. The minimum atomic E-state index is -0.729. The lowest BCUT2D eigenvalue weighted by Gasteiger charge is -2.01. The van der Waals surface area contributed by atoms with Gasteiger partial charge in [-0.3, -0.25) is 0 Å². The van der Waals surface area contributed by atoms with E-state index in [4.69, 9.17) is 0 Å². The summed E-state index contributed by atoms with van der Waals surface area (Å²) in [6.07, 6.45) is 0. The zero-order valence-corrected chi connectivity index (χ0v) is 8.07. The molecular weight excluding hydrogens is 186 g/mol. The van der Waals surface area contributed by atoms with E-state index in [9.17, 15) is 14.4 Å². The monoisotopic (exact) mass is 195 g/mol. The van der Waals surface area contributed by atoms with E-state index in [0.29, 0.717) is 4.57 Å². The fraction of sp³-hybridized carbons (Fsp3) is 0.375. The molecule has 1 heterocycles. The summed E-state index contributed by atoms with van der Waals surface area (Å²) in [4.78, 5) is 34.0. The Balaban J connectivity index is 3.95. The molecule has 0 spiro atoms. The third kappa shape index (κ3) is 1.29. The minimum Gasteiger partial charge on any atom is -0.247 e. The summed E-state index contributed by atoms with van der Waals surface area (Å²) in [7, 11) is 2.58. The molecule has 0 N–H and O–H groups in total. The van der Waals surface area contributed by atoms with Gasteiger partial charge in [-0.2, -0.15) is 4.57 Å². The lowest BCUT2D eigenvalue weighted by molar-refractivity contribution is 0.587. The average Bonchev–Trinajstić information content (AvgIpc) is 2.19. The maximum atomic E-state index is 11.4. The second kappa shape index (κ2) is 3.38. The first-order valence-electron chi connectivity index (χ1n) is 3.82. The summed E-state index contributed by atoms with van der Waals surface area (Å²) in [5.74, 6) is 2.42. The van der Waals surface area contributed by atoms with Crippen molar-refractivity contribution in [3.8, 4) is 12.0 Å². The van der Waals surface area contributed by atoms with E-state index in [-0.39, 0.29) is 0 Å². The fourth-order valence-corrected chi connectivity index (χ4v) is 0.978. The number of hydrogen-bond acceptors (Lipinski definition) is 3. The van der Waals surface area contributed by atoms with Crippen molar-refractivity contribution in [2.75, 3.05) is 0 Å². The molecule has 0 fully saturated rings. The number of hydrogen-bond donors (Lipinski definition) is 0. The highest BCUT2D eigenvalue weighted by Crippen LogP contribution is 1.62. The van der Waals surface area contributed by atoms with E-state index >= 15 is 0 Å². The maximum Gasteiger partial charge on any atom is 0.348 e. The predicted molar refractivity (Wildman–Crippen MR) is 50.0 cm³/mol. The second-order valence-corrected chi connectivity index (χ2v) is 2.66. The van der Waals surface area contributed by atoms with Gasteiger partial charge in [0.05, 0.1) is 0 Å². The fourth-order valence-electron chi connectivity index (χ4n) is 0.978. The number of aromatic nitrogens is 3. The Bertz CT molecular complexity index is 551. The SMILES string of the molecule is CC#Cn1c(=O)n(C)c(=O)n(C)c1=O. The van der Waals surface area contributed by atoms with Gasteiger partial charge in [0.15, 0.2) is 0 Å². The van der Waals surface area contributed by atoms with Crippen molar-refractivity contribution >= 4 is 0 Å². The van der Waals surface area contributed by atoms with Crippen LogP contribution in [0.25, 0.3) is 0 Å². The molecule has 0 atom stereocenters. The molecule has 6 nitrogen and oxygen atoms in total. The Morgan fingerprint density at radius 2 is 1.36 bits per heavy atom. The third-order valence-corrected chi connectivity index (χ3v) is 1.75. The van der Waals surface area contributed by atoms with Gasteiger partial charge in [0.25, 0.3) is 0 Å². The molecule has 1 rings (SSSR count). The summed E-state index contributed by atoms with van der Waals surface area (Å²) in [6.45, 7) is 1.50. The summed E-state index contributed by atoms with van der Waals surface area (Å²) in [5, 5.41) is 0. The molecule has 0 saturated carbocycles. The van der Waals surface area contributed by atoms with E-state index in [0.717, 1.165) is 9.13 Å².